The van der Waals surface area contributed by atoms with E-state index in [9.17, 15) is 5.11 Å². The van der Waals surface area contributed by atoms with Crippen LogP contribution in [0.3, 0.4) is 0 Å². The molecule has 1 saturated heterocycles. The van der Waals surface area contributed by atoms with Crippen LogP contribution in [0.4, 0.5) is 0 Å². The maximum atomic E-state index is 9.73. The summed E-state index contributed by atoms with van der Waals surface area (Å²) >= 11 is 0. The minimum Gasteiger partial charge on any atom is -0.392 e. The van der Waals surface area contributed by atoms with Crippen molar-refractivity contribution in [3.8, 4) is 0 Å². The van der Waals surface area contributed by atoms with E-state index >= 15 is 0 Å². The van der Waals surface area contributed by atoms with Crippen molar-refractivity contribution in [3.63, 3.8) is 0 Å². The minimum atomic E-state index is -0.0572. The third kappa shape index (κ3) is 2.73. The van der Waals surface area contributed by atoms with Crippen molar-refractivity contribution >= 4 is 0 Å². The van der Waals surface area contributed by atoms with E-state index < -0.39 is 0 Å². The van der Waals surface area contributed by atoms with Gasteiger partial charge in [-0.15, -0.1) is 0 Å². The number of aliphatic hydroxyl groups excluding tert-OH is 1. The topological polar surface area (TPSA) is 23.5 Å². The van der Waals surface area contributed by atoms with Gasteiger partial charge in [-0.25, -0.2) is 0 Å². The standard InChI is InChI=1S/C13H25NO/c1-2-11-6-3-4-8-13(11)14-9-5-7-12(15)10-14/h11-13,15H,2-10H2,1H3. The van der Waals surface area contributed by atoms with Crippen LogP contribution >= 0.6 is 0 Å². The second kappa shape index (κ2) is 5.31. The van der Waals surface area contributed by atoms with E-state index in [-0.39, 0.29) is 6.10 Å². The quantitative estimate of drug-likeness (QED) is 0.758. The minimum absolute atomic E-state index is 0.0572. The lowest BCUT2D eigenvalue weighted by Gasteiger charge is -2.42. The molecule has 2 rings (SSSR count). The fourth-order valence-corrected chi connectivity index (χ4v) is 3.43. The lowest BCUT2D eigenvalue weighted by molar-refractivity contribution is 0.0156. The Kier molecular flexibility index (Phi) is 4.04. The van der Waals surface area contributed by atoms with E-state index in [2.05, 4.69) is 11.8 Å². The number of likely N-dealkylation sites (tertiary alicyclic amines) is 1. The second-order valence-electron chi connectivity index (χ2n) is 5.31. The van der Waals surface area contributed by atoms with Crippen LogP contribution in [-0.2, 0) is 0 Å². The molecule has 1 saturated carbocycles. The highest BCUT2D eigenvalue weighted by molar-refractivity contribution is 4.85. The van der Waals surface area contributed by atoms with E-state index in [0.29, 0.717) is 0 Å². The molecule has 1 aliphatic carbocycles. The zero-order valence-electron chi connectivity index (χ0n) is 9.99. The average Bonchev–Trinajstić information content (AvgIpc) is 2.29. The molecule has 3 atom stereocenters. The van der Waals surface area contributed by atoms with E-state index in [1.54, 1.807) is 0 Å². The number of aliphatic hydroxyl groups is 1. The van der Waals surface area contributed by atoms with E-state index in [4.69, 9.17) is 0 Å². The summed E-state index contributed by atoms with van der Waals surface area (Å²) in [6, 6.07) is 0.777. The average molecular weight is 211 g/mol. The van der Waals surface area contributed by atoms with Gasteiger partial charge in [0.05, 0.1) is 6.10 Å². The molecule has 0 aromatic carbocycles. The maximum absolute atomic E-state index is 9.73. The molecule has 0 aromatic rings. The zero-order chi connectivity index (χ0) is 10.7. The van der Waals surface area contributed by atoms with Crippen LogP contribution in [0.2, 0.25) is 0 Å². The summed E-state index contributed by atoms with van der Waals surface area (Å²) in [4.78, 5) is 2.57. The summed E-state index contributed by atoms with van der Waals surface area (Å²) in [5, 5.41) is 9.73. The zero-order valence-corrected chi connectivity index (χ0v) is 9.99. The van der Waals surface area contributed by atoms with Crippen molar-refractivity contribution in [2.24, 2.45) is 5.92 Å². The SMILES string of the molecule is CCC1CCCCC1N1CCCC(O)C1. The van der Waals surface area contributed by atoms with Gasteiger partial charge in [-0.2, -0.15) is 0 Å². The predicted octanol–water partition coefficient (Wildman–Crippen LogP) is 2.41. The molecule has 1 aliphatic heterocycles. The Morgan fingerprint density at radius 3 is 2.67 bits per heavy atom. The molecule has 0 radical (unpaired) electrons. The molecular weight excluding hydrogens is 186 g/mol. The molecule has 0 amide bonds. The molecule has 2 fully saturated rings. The van der Waals surface area contributed by atoms with Crippen LogP contribution in [0, 0.1) is 5.92 Å². The number of nitrogens with zero attached hydrogens (tertiary/aromatic N) is 1. The highest BCUT2D eigenvalue weighted by atomic mass is 16.3. The van der Waals surface area contributed by atoms with Gasteiger partial charge in [0.1, 0.15) is 0 Å². The molecule has 2 aliphatic rings. The Balaban J connectivity index is 1.94. The first-order valence-electron chi connectivity index (χ1n) is 6.73. The molecule has 15 heavy (non-hydrogen) atoms. The summed E-state index contributed by atoms with van der Waals surface area (Å²) in [5.74, 6) is 0.893. The highest BCUT2D eigenvalue weighted by Crippen LogP contribution is 2.32. The number of piperidine rings is 1. The predicted molar refractivity (Wildman–Crippen MR) is 62.9 cm³/mol. The number of β-amino-alcohol motifs (C(OH)–C–C–N with tert-alkyl or cyclic N) is 1. The third-order valence-electron chi connectivity index (χ3n) is 4.29. The monoisotopic (exact) mass is 211 g/mol. The third-order valence-corrected chi connectivity index (χ3v) is 4.29. The van der Waals surface area contributed by atoms with Crippen molar-refractivity contribution in [1.82, 2.24) is 4.90 Å². The van der Waals surface area contributed by atoms with Crippen molar-refractivity contribution in [2.75, 3.05) is 13.1 Å². The van der Waals surface area contributed by atoms with Crippen LogP contribution in [0.1, 0.15) is 51.9 Å². The Morgan fingerprint density at radius 2 is 1.93 bits per heavy atom. The maximum Gasteiger partial charge on any atom is 0.0667 e. The van der Waals surface area contributed by atoms with E-state index in [0.717, 1.165) is 24.9 Å². The molecule has 0 bridgehead atoms. The Morgan fingerprint density at radius 1 is 1.13 bits per heavy atom. The molecular formula is C13H25NO. The molecule has 2 heteroatoms. The fraction of sp³-hybridized carbons (Fsp3) is 1.00. The first kappa shape index (κ1) is 11.4. The molecule has 0 aromatic heterocycles. The summed E-state index contributed by atoms with van der Waals surface area (Å²) in [5.41, 5.74) is 0. The van der Waals surface area contributed by atoms with Crippen LogP contribution in [-0.4, -0.2) is 35.2 Å². The van der Waals surface area contributed by atoms with Gasteiger partial charge >= 0.3 is 0 Å². The van der Waals surface area contributed by atoms with E-state index in [1.807, 2.05) is 0 Å². The Labute approximate surface area is 93.7 Å². The fourth-order valence-electron chi connectivity index (χ4n) is 3.43. The van der Waals surface area contributed by atoms with Crippen molar-refractivity contribution in [3.05, 3.63) is 0 Å². The summed E-state index contributed by atoms with van der Waals surface area (Å²) in [7, 11) is 0. The normalized spacial score (nSPS) is 39.2. The molecule has 88 valence electrons. The van der Waals surface area contributed by atoms with Gasteiger partial charge in [0, 0.05) is 12.6 Å². The summed E-state index contributed by atoms with van der Waals surface area (Å²) in [6.45, 7) is 4.47. The molecule has 2 nitrogen and oxygen atoms in total. The van der Waals surface area contributed by atoms with Crippen molar-refractivity contribution < 1.29 is 5.11 Å². The van der Waals surface area contributed by atoms with Crippen LogP contribution in [0.5, 0.6) is 0 Å². The van der Waals surface area contributed by atoms with Gasteiger partial charge < -0.3 is 5.11 Å². The number of hydrogen-bond acceptors (Lipinski definition) is 2. The van der Waals surface area contributed by atoms with Crippen LogP contribution < -0.4 is 0 Å². The lowest BCUT2D eigenvalue weighted by atomic mass is 9.81. The van der Waals surface area contributed by atoms with Crippen molar-refractivity contribution in [2.45, 2.75) is 64.0 Å². The second-order valence-corrected chi connectivity index (χ2v) is 5.31. The van der Waals surface area contributed by atoms with Gasteiger partial charge in [-0.05, 0) is 38.1 Å². The number of rotatable bonds is 2. The molecule has 1 heterocycles. The Hall–Kier alpha value is -0.0800. The summed E-state index contributed by atoms with van der Waals surface area (Å²) in [6.07, 6.45) is 9.06. The lowest BCUT2D eigenvalue weighted by Crippen LogP contribution is -2.48. The van der Waals surface area contributed by atoms with Gasteiger partial charge in [0.15, 0.2) is 0 Å². The van der Waals surface area contributed by atoms with Gasteiger partial charge in [-0.1, -0.05) is 26.2 Å². The largest absolute Gasteiger partial charge is 0.392 e. The smallest absolute Gasteiger partial charge is 0.0667 e. The van der Waals surface area contributed by atoms with E-state index in [1.165, 1.54) is 45.1 Å². The molecule has 0 spiro atoms. The first-order chi connectivity index (χ1) is 7.31. The van der Waals surface area contributed by atoms with Gasteiger partial charge in [0.2, 0.25) is 0 Å². The first-order valence-corrected chi connectivity index (χ1v) is 6.73. The summed E-state index contributed by atoms with van der Waals surface area (Å²) < 4.78 is 0. The molecule has 1 N–H and O–H groups in total. The number of hydrogen-bond donors (Lipinski definition) is 1. The highest BCUT2D eigenvalue weighted by Gasteiger charge is 2.31. The van der Waals surface area contributed by atoms with Gasteiger partial charge in [0.25, 0.3) is 0 Å². The van der Waals surface area contributed by atoms with Gasteiger partial charge in [-0.3, -0.25) is 4.90 Å². The van der Waals surface area contributed by atoms with Crippen LogP contribution in [0.25, 0.3) is 0 Å². The molecule has 3 unspecified atom stereocenters. The van der Waals surface area contributed by atoms with Crippen LogP contribution in [0.15, 0.2) is 0 Å². The Bertz CT molecular complexity index is 195. The van der Waals surface area contributed by atoms with Crippen molar-refractivity contribution in [1.29, 1.82) is 0 Å².